The highest BCUT2D eigenvalue weighted by Gasteiger charge is 2.27. The van der Waals surface area contributed by atoms with Crippen LogP contribution in [0.4, 0.5) is 5.82 Å². The number of aromatic nitrogens is 2. The first-order valence-electron chi connectivity index (χ1n) is 5.17. The summed E-state index contributed by atoms with van der Waals surface area (Å²) in [6.45, 7) is 4.37. The van der Waals surface area contributed by atoms with Crippen molar-refractivity contribution >= 4 is 5.82 Å². The summed E-state index contributed by atoms with van der Waals surface area (Å²) in [7, 11) is 1.95. The molecule has 2 heterocycles. The topological polar surface area (TPSA) is 41.9 Å². The second kappa shape index (κ2) is 3.61. The highest BCUT2D eigenvalue weighted by Crippen LogP contribution is 2.18. The molecule has 1 atom stereocenters. The second-order valence-electron chi connectivity index (χ2n) is 4.28. The average Bonchev–Trinajstić information content (AvgIpc) is 2.73. The third-order valence-corrected chi connectivity index (χ3v) is 2.94. The lowest BCUT2D eigenvalue weighted by Crippen LogP contribution is -2.43. The summed E-state index contributed by atoms with van der Waals surface area (Å²) in [6.07, 6.45) is 4.34. The van der Waals surface area contributed by atoms with Gasteiger partial charge in [-0.05, 0) is 26.3 Å². The Labute approximate surface area is 84.7 Å². The molecule has 0 aliphatic carbocycles. The van der Waals surface area contributed by atoms with Gasteiger partial charge in [-0.15, -0.1) is 0 Å². The molecule has 0 spiro atoms. The predicted octanol–water partition coefficient (Wildman–Crippen LogP) is 0.974. The molecule has 1 saturated heterocycles. The summed E-state index contributed by atoms with van der Waals surface area (Å²) in [5.74, 6) is 1.08. The maximum atomic E-state index is 4.12. The molecule has 1 fully saturated rings. The first-order chi connectivity index (χ1) is 6.70. The fraction of sp³-hybridized carbons (Fsp3) is 0.700. The Morgan fingerprint density at radius 1 is 1.71 bits per heavy atom. The van der Waals surface area contributed by atoms with Gasteiger partial charge in [0, 0.05) is 25.2 Å². The summed E-state index contributed by atoms with van der Waals surface area (Å²) in [6, 6.07) is 2.00. The van der Waals surface area contributed by atoms with Crippen LogP contribution < -0.4 is 10.6 Å². The number of nitrogens with zero attached hydrogens (tertiary/aromatic N) is 2. The lowest BCUT2D eigenvalue weighted by Gasteiger charge is -2.25. The molecular weight excluding hydrogens is 176 g/mol. The Kier molecular flexibility index (Phi) is 2.46. The fourth-order valence-corrected chi connectivity index (χ4v) is 1.94. The van der Waals surface area contributed by atoms with E-state index in [1.807, 2.05) is 24.0 Å². The Balaban J connectivity index is 1.91. The summed E-state index contributed by atoms with van der Waals surface area (Å²) in [4.78, 5) is 0. The van der Waals surface area contributed by atoms with Crippen LogP contribution in [-0.4, -0.2) is 28.4 Å². The van der Waals surface area contributed by atoms with Crippen LogP contribution >= 0.6 is 0 Å². The number of rotatable bonds is 3. The van der Waals surface area contributed by atoms with Crippen molar-refractivity contribution in [3.63, 3.8) is 0 Å². The van der Waals surface area contributed by atoms with E-state index >= 15 is 0 Å². The van der Waals surface area contributed by atoms with Crippen molar-refractivity contribution < 1.29 is 0 Å². The highest BCUT2D eigenvalue weighted by atomic mass is 15.3. The predicted molar refractivity (Wildman–Crippen MR) is 57.3 cm³/mol. The third kappa shape index (κ3) is 1.90. The molecule has 14 heavy (non-hydrogen) atoms. The molecule has 0 saturated carbocycles. The van der Waals surface area contributed by atoms with Crippen molar-refractivity contribution in [1.82, 2.24) is 15.1 Å². The van der Waals surface area contributed by atoms with Gasteiger partial charge in [-0.3, -0.25) is 4.68 Å². The van der Waals surface area contributed by atoms with Crippen LogP contribution in [0.3, 0.4) is 0 Å². The van der Waals surface area contributed by atoms with E-state index in [1.165, 1.54) is 12.8 Å². The Morgan fingerprint density at radius 2 is 2.57 bits per heavy atom. The maximum Gasteiger partial charge on any atom is 0.123 e. The first-order valence-corrected chi connectivity index (χ1v) is 5.17. The summed E-state index contributed by atoms with van der Waals surface area (Å²) in [5, 5.41) is 11.1. The van der Waals surface area contributed by atoms with E-state index in [2.05, 4.69) is 22.7 Å². The van der Waals surface area contributed by atoms with Crippen molar-refractivity contribution in [2.24, 2.45) is 7.05 Å². The van der Waals surface area contributed by atoms with Crippen LogP contribution in [0.1, 0.15) is 19.8 Å². The summed E-state index contributed by atoms with van der Waals surface area (Å²) in [5.41, 5.74) is 0.254. The van der Waals surface area contributed by atoms with Gasteiger partial charge in [0.05, 0.1) is 6.20 Å². The molecule has 1 aliphatic rings. The molecule has 1 aromatic rings. The molecule has 0 bridgehead atoms. The van der Waals surface area contributed by atoms with Gasteiger partial charge in [-0.25, -0.2) is 0 Å². The number of anilines is 1. The Hall–Kier alpha value is -1.03. The molecule has 4 nitrogen and oxygen atoms in total. The second-order valence-corrected chi connectivity index (χ2v) is 4.28. The normalized spacial score (nSPS) is 26.7. The van der Waals surface area contributed by atoms with Gasteiger partial charge in [0.25, 0.3) is 0 Å². The van der Waals surface area contributed by atoms with Crippen LogP contribution in [0.2, 0.25) is 0 Å². The minimum atomic E-state index is 0.254. The molecule has 1 aliphatic heterocycles. The van der Waals surface area contributed by atoms with E-state index in [9.17, 15) is 0 Å². The average molecular weight is 194 g/mol. The standard InChI is InChI=1S/C10H18N4/c1-10(5-3-6-12-10)8-11-9-4-7-13-14(9)2/h4,7,11-12H,3,5-6,8H2,1-2H3. The van der Waals surface area contributed by atoms with E-state index in [0.29, 0.717) is 0 Å². The van der Waals surface area contributed by atoms with Gasteiger partial charge in [0.15, 0.2) is 0 Å². The SMILES string of the molecule is Cn1nccc1NCC1(C)CCCN1. The fourth-order valence-electron chi connectivity index (χ4n) is 1.94. The first kappa shape index (κ1) is 9.52. The van der Waals surface area contributed by atoms with Gasteiger partial charge in [-0.1, -0.05) is 0 Å². The molecule has 2 N–H and O–H groups in total. The smallest absolute Gasteiger partial charge is 0.123 e. The number of hydrogen-bond donors (Lipinski definition) is 2. The number of hydrogen-bond acceptors (Lipinski definition) is 3. The van der Waals surface area contributed by atoms with Crippen LogP contribution in [0.5, 0.6) is 0 Å². The van der Waals surface area contributed by atoms with Crippen LogP contribution in [0.15, 0.2) is 12.3 Å². The molecule has 1 aromatic heterocycles. The van der Waals surface area contributed by atoms with E-state index in [-0.39, 0.29) is 5.54 Å². The molecule has 78 valence electrons. The van der Waals surface area contributed by atoms with Crippen molar-refractivity contribution in [2.45, 2.75) is 25.3 Å². The van der Waals surface area contributed by atoms with Crippen molar-refractivity contribution in [3.05, 3.63) is 12.3 Å². The van der Waals surface area contributed by atoms with Gasteiger partial charge in [0.2, 0.25) is 0 Å². The Bertz CT molecular complexity index is 299. The number of nitrogens with one attached hydrogen (secondary N) is 2. The minimum Gasteiger partial charge on any atom is -0.368 e. The molecule has 0 aromatic carbocycles. The van der Waals surface area contributed by atoms with E-state index in [4.69, 9.17) is 0 Å². The van der Waals surface area contributed by atoms with Crippen LogP contribution in [-0.2, 0) is 7.05 Å². The highest BCUT2D eigenvalue weighted by molar-refractivity contribution is 5.34. The monoisotopic (exact) mass is 194 g/mol. The Morgan fingerprint density at radius 3 is 3.14 bits per heavy atom. The van der Waals surface area contributed by atoms with E-state index in [0.717, 1.165) is 18.9 Å². The zero-order chi connectivity index (χ0) is 10.0. The van der Waals surface area contributed by atoms with Crippen molar-refractivity contribution in [1.29, 1.82) is 0 Å². The van der Waals surface area contributed by atoms with E-state index < -0.39 is 0 Å². The van der Waals surface area contributed by atoms with Gasteiger partial charge < -0.3 is 10.6 Å². The molecular formula is C10H18N4. The van der Waals surface area contributed by atoms with Crippen LogP contribution in [0.25, 0.3) is 0 Å². The summed E-state index contributed by atoms with van der Waals surface area (Å²) < 4.78 is 1.86. The molecule has 0 amide bonds. The summed E-state index contributed by atoms with van der Waals surface area (Å²) >= 11 is 0. The van der Waals surface area contributed by atoms with Crippen molar-refractivity contribution in [2.75, 3.05) is 18.4 Å². The molecule has 4 heteroatoms. The molecule has 2 rings (SSSR count). The quantitative estimate of drug-likeness (QED) is 0.753. The lowest BCUT2D eigenvalue weighted by atomic mass is 10.0. The van der Waals surface area contributed by atoms with E-state index in [1.54, 1.807) is 0 Å². The largest absolute Gasteiger partial charge is 0.368 e. The number of aryl methyl sites for hydroxylation is 1. The maximum absolute atomic E-state index is 4.12. The van der Waals surface area contributed by atoms with Gasteiger partial charge in [0.1, 0.15) is 5.82 Å². The zero-order valence-corrected chi connectivity index (χ0v) is 8.88. The lowest BCUT2D eigenvalue weighted by molar-refractivity contribution is 0.437. The van der Waals surface area contributed by atoms with Crippen LogP contribution in [0, 0.1) is 0 Å². The molecule has 0 radical (unpaired) electrons. The van der Waals surface area contributed by atoms with Crippen molar-refractivity contribution in [3.8, 4) is 0 Å². The van der Waals surface area contributed by atoms with Gasteiger partial charge >= 0.3 is 0 Å². The van der Waals surface area contributed by atoms with Gasteiger partial charge in [-0.2, -0.15) is 5.10 Å². The zero-order valence-electron chi connectivity index (χ0n) is 8.88. The molecule has 1 unspecified atom stereocenters. The third-order valence-electron chi connectivity index (χ3n) is 2.94. The minimum absolute atomic E-state index is 0.254.